The molecule has 9 heteroatoms. The summed E-state index contributed by atoms with van der Waals surface area (Å²) in [5, 5.41) is 10.8. The molecule has 30 heavy (non-hydrogen) atoms. The van der Waals surface area contributed by atoms with Gasteiger partial charge in [-0.2, -0.15) is 0 Å². The quantitative estimate of drug-likeness (QED) is 0.390. The van der Waals surface area contributed by atoms with Crippen LogP contribution in [0.25, 0.3) is 0 Å². The van der Waals surface area contributed by atoms with Crippen molar-refractivity contribution in [3.63, 3.8) is 0 Å². The van der Waals surface area contributed by atoms with Crippen LogP contribution >= 0.6 is 31.9 Å². The number of aromatic nitrogens is 2. The molecule has 1 aromatic carbocycles. The molecule has 0 aliphatic heterocycles. The Morgan fingerprint density at radius 2 is 2.03 bits per heavy atom. The minimum Gasteiger partial charge on any atom is -0.494 e. The van der Waals surface area contributed by atoms with Gasteiger partial charge in [0, 0.05) is 31.9 Å². The van der Waals surface area contributed by atoms with E-state index in [9.17, 15) is 4.79 Å². The summed E-state index contributed by atoms with van der Waals surface area (Å²) < 4.78 is 8.78. The molecule has 1 aromatic heterocycles. The molecule has 166 valence electrons. The lowest BCUT2D eigenvalue weighted by Crippen LogP contribution is -2.35. The number of amides is 1. The molecule has 7 nitrogen and oxygen atoms in total. The monoisotopic (exact) mass is 543 g/mol. The normalized spacial score (nSPS) is 11.3. The second-order valence-corrected chi connectivity index (χ2v) is 8.67. The van der Waals surface area contributed by atoms with E-state index in [-0.39, 0.29) is 24.0 Å². The van der Waals surface area contributed by atoms with Crippen molar-refractivity contribution in [2.75, 3.05) is 20.2 Å². The first-order chi connectivity index (χ1) is 14.3. The predicted octanol–water partition coefficient (Wildman–Crippen LogP) is 4.18. The molecule has 0 bridgehead atoms. The van der Waals surface area contributed by atoms with Crippen LogP contribution in [0.2, 0.25) is 0 Å². The maximum atomic E-state index is 12.1. The van der Waals surface area contributed by atoms with Gasteiger partial charge in [-0.3, -0.25) is 10.2 Å². The van der Waals surface area contributed by atoms with E-state index >= 15 is 0 Å². The molecular weight excluding hydrogens is 514 g/mol. The van der Waals surface area contributed by atoms with Crippen LogP contribution in [0.4, 0.5) is 0 Å². The van der Waals surface area contributed by atoms with E-state index in [1.54, 1.807) is 19.6 Å². The highest BCUT2D eigenvalue weighted by atomic mass is 79.9. The number of imidazole rings is 1. The third-order valence-electron chi connectivity index (χ3n) is 4.17. The Morgan fingerprint density at radius 3 is 2.50 bits per heavy atom. The lowest BCUT2D eigenvalue weighted by atomic mass is 10.1. The first-order valence-electron chi connectivity index (χ1n) is 9.85. The van der Waals surface area contributed by atoms with Gasteiger partial charge in [0.1, 0.15) is 11.5 Å². The van der Waals surface area contributed by atoms with E-state index in [2.05, 4.69) is 49.1 Å². The molecule has 0 aliphatic rings. The van der Waals surface area contributed by atoms with Gasteiger partial charge in [-0.05, 0) is 68.4 Å². The molecule has 1 unspecified atom stereocenters. The Labute approximate surface area is 195 Å². The van der Waals surface area contributed by atoms with Gasteiger partial charge in [0.15, 0.2) is 0 Å². The zero-order valence-corrected chi connectivity index (χ0v) is 20.9. The van der Waals surface area contributed by atoms with E-state index < -0.39 is 0 Å². The van der Waals surface area contributed by atoms with Crippen molar-refractivity contribution >= 4 is 43.5 Å². The number of hydrogen-bond acceptors (Lipinski definition) is 5. The Kier molecular flexibility index (Phi) is 12.6. The molecule has 0 saturated heterocycles. The highest BCUT2D eigenvalue weighted by Crippen LogP contribution is 2.34. The van der Waals surface area contributed by atoms with Gasteiger partial charge in [-0.1, -0.05) is 20.3 Å². The van der Waals surface area contributed by atoms with Crippen molar-refractivity contribution in [3.8, 4) is 5.75 Å². The second-order valence-electron chi connectivity index (χ2n) is 6.96. The summed E-state index contributed by atoms with van der Waals surface area (Å²) >= 11 is 6.86. The van der Waals surface area contributed by atoms with Crippen LogP contribution in [-0.4, -0.2) is 41.4 Å². The highest BCUT2D eigenvalue weighted by Gasteiger charge is 2.14. The Hall–Kier alpha value is -1.71. The molecule has 0 radical (unpaired) electrons. The van der Waals surface area contributed by atoms with Gasteiger partial charge in [0.25, 0.3) is 5.91 Å². The number of ether oxygens (including phenoxy) is 1. The minimum absolute atomic E-state index is 0.0267. The summed E-state index contributed by atoms with van der Waals surface area (Å²) in [4.78, 5) is 16.1. The number of benzene rings is 1. The number of nitrogens with two attached hydrogens (primary N) is 1. The van der Waals surface area contributed by atoms with Crippen LogP contribution in [0.15, 0.2) is 39.8 Å². The average molecular weight is 545 g/mol. The van der Waals surface area contributed by atoms with Gasteiger partial charge in [-0.25, -0.2) is 4.98 Å². The number of nitrogens with one attached hydrogen (secondary N) is 2. The number of rotatable bonds is 10. The summed E-state index contributed by atoms with van der Waals surface area (Å²) in [5.41, 5.74) is 6.02. The molecule has 1 heterocycles. The van der Waals surface area contributed by atoms with Crippen molar-refractivity contribution in [2.45, 2.75) is 39.7 Å². The number of carbonyl (C=O) groups is 1. The van der Waals surface area contributed by atoms with Crippen molar-refractivity contribution in [3.05, 3.63) is 45.4 Å². The van der Waals surface area contributed by atoms with Crippen LogP contribution in [0.3, 0.4) is 0 Å². The van der Waals surface area contributed by atoms with Crippen molar-refractivity contribution in [1.29, 1.82) is 5.41 Å². The molecule has 0 spiro atoms. The van der Waals surface area contributed by atoms with Crippen molar-refractivity contribution < 1.29 is 9.53 Å². The fraction of sp³-hybridized carbons (Fsp3) is 0.476. The summed E-state index contributed by atoms with van der Waals surface area (Å²) in [6, 6.07) is 3.71. The number of hydrogen-bond donors (Lipinski definition) is 3. The van der Waals surface area contributed by atoms with Crippen molar-refractivity contribution in [2.24, 2.45) is 11.7 Å². The molecule has 2 rings (SSSR count). The van der Waals surface area contributed by atoms with Crippen LogP contribution in [0.5, 0.6) is 5.75 Å². The maximum absolute atomic E-state index is 12.1. The molecule has 0 saturated carbocycles. The number of methoxy groups -OCH3 is 1. The van der Waals surface area contributed by atoms with E-state index in [4.69, 9.17) is 15.9 Å². The molecule has 1 atom stereocenters. The standard InChI is InChI=1S/C17H20Br2N4O2.C4H11N/c1-11(9-23-4-3-21-10-23)8-22-17(24)15(20)7-12-5-13(18)16(25-2)14(19)6-12;1-2-3-4-5/h3-6,10-11,20H,7-9H2,1-2H3,(H,22,24);2-5H2,1H3. The van der Waals surface area contributed by atoms with Crippen LogP contribution in [-0.2, 0) is 17.8 Å². The smallest absolute Gasteiger partial charge is 0.265 e. The Balaban J connectivity index is 0.000000804. The fourth-order valence-corrected chi connectivity index (χ4v) is 4.20. The SMILES string of the molecule is CCCCN.COc1c(Br)cc(CC(=N)C(=O)NCC(C)Cn2ccnc2)cc1Br. The zero-order chi connectivity index (χ0) is 22.5. The van der Waals surface area contributed by atoms with E-state index in [0.29, 0.717) is 12.3 Å². The molecule has 2 aromatic rings. The highest BCUT2D eigenvalue weighted by molar-refractivity contribution is 9.11. The molecule has 1 amide bonds. The predicted molar refractivity (Wildman–Crippen MR) is 128 cm³/mol. The number of unbranched alkanes of at least 4 members (excludes halogenated alkanes) is 1. The largest absolute Gasteiger partial charge is 0.494 e. The minimum atomic E-state index is -0.347. The lowest BCUT2D eigenvalue weighted by Gasteiger charge is -2.14. The van der Waals surface area contributed by atoms with Gasteiger partial charge in [-0.15, -0.1) is 0 Å². The maximum Gasteiger partial charge on any atom is 0.265 e. The van der Waals surface area contributed by atoms with Crippen LogP contribution in [0, 0.1) is 11.3 Å². The second kappa shape index (κ2) is 14.3. The summed E-state index contributed by atoms with van der Waals surface area (Å²) in [6.45, 7) is 6.30. The summed E-state index contributed by atoms with van der Waals surface area (Å²) in [7, 11) is 1.59. The molecular formula is C21H31Br2N5O2. The number of nitrogens with zero attached hydrogens (tertiary/aromatic N) is 2. The third kappa shape index (κ3) is 9.40. The van der Waals surface area contributed by atoms with E-state index in [0.717, 1.165) is 27.6 Å². The topological polar surface area (TPSA) is 106 Å². The van der Waals surface area contributed by atoms with Gasteiger partial charge in [0.2, 0.25) is 0 Å². The third-order valence-corrected chi connectivity index (χ3v) is 5.35. The van der Waals surface area contributed by atoms with Gasteiger partial charge >= 0.3 is 0 Å². The number of carbonyl (C=O) groups excluding carboxylic acids is 1. The zero-order valence-electron chi connectivity index (χ0n) is 17.8. The van der Waals surface area contributed by atoms with Gasteiger partial charge in [0.05, 0.1) is 22.4 Å². The first-order valence-corrected chi connectivity index (χ1v) is 11.4. The first kappa shape index (κ1) is 26.3. The molecule has 0 fully saturated rings. The van der Waals surface area contributed by atoms with Crippen LogP contribution < -0.4 is 15.8 Å². The van der Waals surface area contributed by atoms with E-state index in [1.807, 2.05) is 29.8 Å². The van der Waals surface area contributed by atoms with Crippen molar-refractivity contribution in [1.82, 2.24) is 14.9 Å². The average Bonchev–Trinajstić information content (AvgIpc) is 3.20. The Bertz CT molecular complexity index is 772. The summed E-state index contributed by atoms with van der Waals surface area (Å²) in [6.07, 6.45) is 8.01. The fourth-order valence-electron chi connectivity index (χ4n) is 2.59. The lowest BCUT2D eigenvalue weighted by molar-refractivity contribution is -0.115. The molecule has 4 N–H and O–H groups in total. The summed E-state index contributed by atoms with van der Waals surface area (Å²) in [5.74, 6) is 0.587. The van der Waals surface area contributed by atoms with E-state index in [1.165, 1.54) is 12.8 Å². The van der Waals surface area contributed by atoms with Gasteiger partial charge < -0.3 is 20.4 Å². The molecule has 0 aliphatic carbocycles. The Morgan fingerprint density at radius 1 is 1.37 bits per heavy atom. The van der Waals surface area contributed by atoms with Crippen LogP contribution in [0.1, 0.15) is 32.3 Å². The number of halogens is 2.